The van der Waals surface area contributed by atoms with Gasteiger partial charge in [-0.15, -0.1) is 0 Å². The average Bonchev–Trinajstić information content (AvgIpc) is 1.70. The van der Waals surface area contributed by atoms with Crippen molar-refractivity contribution in [2.45, 2.75) is 0 Å². The summed E-state index contributed by atoms with van der Waals surface area (Å²) in [5.41, 5.74) is 0. The van der Waals surface area contributed by atoms with Crippen molar-refractivity contribution < 1.29 is 39.8 Å². The molecule has 0 nitrogen and oxygen atoms in total. The maximum Gasteiger partial charge on any atom is 3.00 e. The van der Waals surface area contributed by atoms with E-state index in [2.05, 4.69) is 112 Å². The molecule has 0 aromatic heterocycles. The third-order valence-electron chi connectivity index (χ3n) is 0. The molecule has 0 aromatic rings. The molecule has 0 saturated heterocycles. The predicted octanol–water partition coefficient (Wildman–Crippen LogP) is -4.05. The van der Waals surface area contributed by atoms with Crippen LogP contribution >= 0.6 is 112 Å². The van der Waals surface area contributed by atoms with Crippen molar-refractivity contribution in [3.8, 4) is 0 Å². The molecule has 0 atom stereocenters. The molecule has 0 aliphatic rings. The van der Waals surface area contributed by atoms with Crippen LogP contribution in [0.25, 0.3) is 0 Å². The largest absolute Gasteiger partial charge is 3.00 e. The summed E-state index contributed by atoms with van der Waals surface area (Å²) in [6.07, 6.45) is 0. The Morgan fingerprint density at radius 3 is 0.500 bits per heavy atom. The molecule has 0 aromatic carbocycles. The normalized spacial score (nSPS) is 6.60. The fraction of sp³-hybridized carbons (Fsp3) is 0. The second-order valence-corrected chi connectivity index (χ2v) is 48.9. The van der Waals surface area contributed by atoms with E-state index in [0.717, 1.165) is 0 Å². The fourth-order valence-electron chi connectivity index (χ4n) is 0. The maximum absolute atomic E-state index is 2.39. The monoisotopic (exact) mass is 1170 g/mol. The number of hydrogen-bond acceptors (Lipinski definition) is 0. The van der Waals surface area contributed by atoms with Crippen LogP contribution in [0.5, 0.6) is 0 Å². The molecule has 0 unspecified atom stereocenters. The Labute approximate surface area is 162 Å². The Bertz CT molecular complexity index is 9.44. The van der Waals surface area contributed by atoms with Gasteiger partial charge >= 0.3 is 169 Å². The van der Waals surface area contributed by atoms with Crippen LogP contribution in [0.1, 0.15) is 0 Å². The first-order valence-corrected chi connectivity index (χ1v) is 38.6. The minimum Gasteiger partial charge on any atom is 3.00 e. The van der Waals surface area contributed by atoms with Gasteiger partial charge in [0, 0.05) is 0 Å². The van der Waals surface area contributed by atoms with Gasteiger partial charge in [0.05, 0.1) is 0 Å². The van der Waals surface area contributed by atoms with Gasteiger partial charge in [0.15, 0.2) is 0 Å². The second kappa shape index (κ2) is 36.0. The average molecular weight is 1170 g/mol. The molecule has 0 heterocycles. The van der Waals surface area contributed by atoms with Gasteiger partial charge in [0.1, 0.15) is 0 Å². The quantitative estimate of drug-likeness (QED) is 0.172. The molecule has 0 aliphatic carbocycles. The van der Waals surface area contributed by atoms with Gasteiger partial charge in [-0.3, -0.25) is 0 Å². The standard InChI is InChI=1S/Al.3I3/c;3*1-3-2/q+3;3*-1. The van der Waals surface area contributed by atoms with Gasteiger partial charge in [-0.2, -0.15) is 0 Å². The SMILES string of the molecule is I[I-]I.I[I-]I.I[I-]I.[Al+3]. The molecule has 66 valence electrons. The molecule has 10 heavy (non-hydrogen) atoms. The molecule has 0 spiro atoms. The van der Waals surface area contributed by atoms with E-state index in [4.69, 9.17) is 0 Å². The minimum atomic E-state index is 0. The van der Waals surface area contributed by atoms with E-state index in [-0.39, 0.29) is 17.4 Å². The van der Waals surface area contributed by atoms with Crippen LogP contribution in [-0.4, -0.2) is 17.4 Å². The maximum atomic E-state index is 2.39. The zero-order valence-corrected chi connectivity index (χ0v) is 24.6. The molecular weight excluding hydrogens is 1170 g/mol. The summed E-state index contributed by atoms with van der Waals surface area (Å²) in [7, 11) is 0. The first-order valence-electron chi connectivity index (χ1n) is 0.857. The van der Waals surface area contributed by atoms with Crippen LogP contribution in [-0.2, 0) is 0 Å². The number of rotatable bonds is 0. The summed E-state index contributed by atoms with van der Waals surface area (Å²) in [5.74, 6) is 0. The van der Waals surface area contributed by atoms with Crippen LogP contribution in [0.4, 0.5) is 0 Å². The summed E-state index contributed by atoms with van der Waals surface area (Å²) in [5, 5.41) is 0. The van der Waals surface area contributed by atoms with Crippen molar-refractivity contribution in [2.24, 2.45) is 0 Å². The third-order valence-corrected chi connectivity index (χ3v) is 0. The Hall–Kier alpha value is 7.10. The zero-order valence-electron chi connectivity index (χ0n) is 3.98. The molecule has 0 fully saturated rings. The number of hydrogen-bond donors (Lipinski definition) is 0. The fourth-order valence-corrected chi connectivity index (χ4v) is 0. The van der Waals surface area contributed by atoms with Gasteiger partial charge in [0.25, 0.3) is 0 Å². The zero-order chi connectivity index (χ0) is 8.12. The first kappa shape index (κ1) is 25.8. The molecular formula is AlI9. The summed E-state index contributed by atoms with van der Waals surface area (Å²) in [4.78, 5) is 0. The van der Waals surface area contributed by atoms with Crippen molar-refractivity contribution in [1.82, 2.24) is 0 Å². The van der Waals surface area contributed by atoms with E-state index in [1.54, 1.807) is 0 Å². The van der Waals surface area contributed by atoms with Crippen molar-refractivity contribution in [3.05, 3.63) is 0 Å². The Morgan fingerprint density at radius 1 is 0.500 bits per heavy atom. The minimum absolute atomic E-state index is 0. The van der Waals surface area contributed by atoms with Gasteiger partial charge in [-0.1, -0.05) is 0 Å². The predicted molar refractivity (Wildman–Crippen MR) is 89.9 cm³/mol. The molecule has 0 radical (unpaired) electrons. The van der Waals surface area contributed by atoms with E-state index < -0.39 is 0 Å². The summed E-state index contributed by atoms with van der Waals surface area (Å²) >= 11 is 15.9. The van der Waals surface area contributed by atoms with E-state index in [0.29, 0.717) is 39.8 Å². The first-order chi connectivity index (χ1) is 4.24. The summed E-state index contributed by atoms with van der Waals surface area (Å²) < 4.78 is 0. The van der Waals surface area contributed by atoms with Gasteiger partial charge in [-0.25, -0.2) is 0 Å². The van der Waals surface area contributed by atoms with Crippen LogP contribution in [0.15, 0.2) is 0 Å². The Balaban J connectivity index is -0.0000000257. The Kier molecular flexibility index (Phi) is 93.0. The second-order valence-electron chi connectivity index (χ2n) is 0.162. The van der Waals surface area contributed by atoms with Crippen molar-refractivity contribution >= 4 is 129 Å². The molecule has 0 rings (SSSR count). The van der Waals surface area contributed by atoms with Crippen LogP contribution in [0.2, 0.25) is 0 Å². The van der Waals surface area contributed by atoms with Gasteiger partial charge in [-0.05, 0) is 0 Å². The van der Waals surface area contributed by atoms with E-state index in [9.17, 15) is 0 Å². The van der Waals surface area contributed by atoms with Gasteiger partial charge < -0.3 is 0 Å². The molecule has 0 aliphatic heterocycles. The van der Waals surface area contributed by atoms with E-state index in [1.807, 2.05) is 0 Å². The Morgan fingerprint density at radius 2 is 0.500 bits per heavy atom. The molecule has 0 saturated carbocycles. The summed E-state index contributed by atoms with van der Waals surface area (Å²) in [6, 6.07) is 0. The number of halogens is 9. The molecule has 10 heteroatoms. The summed E-state index contributed by atoms with van der Waals surface area (Å²) in [6.45, 7) is 0. The van der Waals surface area contributed by atoms with Crippen molar-refractivity contribution in [3.63, 3.8) is 0 Å². The van der Waals surface area contributed by atoms with Crippen LogP contribution in [0.3, 0.4) is 0 Å². The smallest absolute Gasteiger partial charge is 3.00 e. The molecule has 0 N–H and O–H groups in total. The van der Waals surface area contributed by atoms with Crippen LogP contribution < -0.4 is 39.8 Å². The third kappa shape index (κ3) is 59.5. The van der Waals surface area contributed by atoms with Crippen molar-refractivity contribution in [2.75, 3.05) is 0 Å². The van der Waals surface area contributed by atoms with Crippen LogP contribution in [0, 0.1) is 0 Å². The van der Waals surface area contributed by atoms with E-state index >= 15 is 0 Å². The van der Waals surface area contributed by atoms with E-state index in [1.165, 1.54) is 0 Å². The van der Waals surface area contributed by atoms with Crippen molar-refractivity contribution in [1.29, 1.82) is 0 Å². The molecule has 0 amide bonds. The molecule has 0 bridgehead atoms. The topological polar surface area (TPSA) is 0 Å². The van der Waals surface area contributed by atoms with Gasteiger partial charge in [0.2, 0.25) is 0 Å².